The minimum Gasteiger partial charge on any atom is -0.457 e. The average Bonchev–Trinajstić information content (AvgIpc) is 3.36. The number of aliphatic hydroxyl groups is 3. The molecule has 0 spiro atoms. The Bertz CT molecular complexity index is 1430. The van der Waals surface area contributed by atoms with Gasteiger partial charge in [-0.05, 0) is 77.0 Å². The van der Waals surface area contributed by atoms with Gasteiger partial charge >= 0.3 is 16.4 Å². The number of esters is 1. The molecule has 1 heterocycles. The molecule has 1 saturated heterocycles. The van der Waals surface area contributed by atoms with E-state index >= 15 is 0 Å². The lowest BCUT2D eigenvalue weighted by molar-refractivity contribution is -0.301. The molecule has 0 radical (unpaired) electrons. The maximum absolute atomic E-state index is 13.0. The Morgan fingerprint density at radius 3 is 1.35 bits per heavy atom. The molecular formula is C59H108O12S. The molecule has 0 aromatic heterocycles. The average molecular weight is 1040 g/mol. The molecule has 72 heavy (non-hydrogen) atoms. The van der Waals surface area contributed by atoms with Crippen LogP contribution in [0, 0.1) is 0 Å². The molecule has 1 fully saturated rings. The number of rotatable bonds is 52. The predicted octanol–water partition coefficient (Wildman–Crippen LogP) is 14.6. The Morgan fingerprint density at radius 2 is 0.917 bits per heavy atom. The largest absolute Gasteiger partial charge is 0.457 e. The van der Waals surface area contributed by atoms with Crippen LogP contribution in [0.5, 0.6) is 0 Å². The van der Waals surface area contributed by atoms with Gasteiger partial charge in [0.1, 0.15) is 30.5 Å². The minimum absolute atomic E-state index is 0.0338. The summed E-state index contributed by atoms with van der Waals surface area (Å²) < 4.78 is 59.4. The quantitative estimate of drug-likeness (QED) is 0.0196. The van der Waals surface area contributed by atoms with Crippen molar-refractivity contribution >= 4 is 16.4 Å². The zero-order valence-corrected chi connectivity index (χ0v) is 46.6. The van der Waals surface area contributed by atoms with Gasteiger partial charge in [-0.25, -0.2) is 4.18 Å². The molecule has 1 aliphatic rings. The summed E-state index contributed by atoms with van der Waals surface area (Å²) in [6.07, 6.45) is 54.3. The second kappa shape index (κ2) is 49.9. The fourth-order valence-corrected chi connectivity index (χ4v) is 9.48. The Hall–Kier alpha value is -1.94. The lowest BCUT2D eigenvalue weighted by atomic mass is 9.99. The third-order valence-electron chi connectivity index (χ3n) is 13.4. The van der Waals surface area contributed by atoms with Crippen molar-refractivity contribution in [2.24, 2.45) is 0 Å². The van der Waals surface area contributed by atoms with E-state index in [0.29, 0.717) is 13.0 Å². The fraction of sp³-hybridized carbons (Fsp3) is 0.847. The van der Waals surface area contributed by atoms with Crippen molar-refractivity contribution in [2.45, 2.75) is 295 Å². The Kier molecular flexibility index (Phi) is 47.2. The highest BCUT2D eigenvalue weighted by Crippen LogP contribution is 2.26. The second-order valence-electron chi connectivity index (χ2n) is 20.2. The lowest BCUT2D eigenvalue weighted by Gasteiger charge is -2.41. The van der Waals surface area contributed by atoms with Crippen LogP contribution in [-0.4, -0.2) is 97.5 Å². The van der Waals surface area contributed by atoms with Gasteiger partial charge < -0.3 is 34.3 Å². The van der Waals surface area contributed by atoms with E-state index in [4.69, 9.17) is 18.9 Å². The summed E-state index contributed by atoms with van der Waals surface area (Å²) in [5, 5.41) is 30.8. The number of carbonyl (C=O) groups is 1. The number of hydrogen-bond donors (Lipinski definition) is 4. The first kappa shape index (κ1) is 68.1. The van der Waals surface area contributed by atoms with Gasteiger partial charge in [0.25, 0.3) is 0 Å². The Morgan fingerprint density at radius 1 is 0.528 bits per heavy atom. The number of aliphatic hydroxyl groups excluding tert-OH is 3. The molecule has 0 aromatic rings. The van der Waals surface area contributed by atoms with Gasteiger partial charge in [0.2, 0.25) is 0 Å². The standard InChI is InChI=1S/C59H108O12S/c1-3-5-7-9-11-13-15-17-19-21-23-24-25-26-27-28-29-31-33-35-37-39-41-43-45-47-49-67-51-53(52-68-59-57(63)58(71-72(64,65)66)56(62)54(50-60)70-59)69-55(61)48-46-44-42-40-38-36-34-32-30-22-20-18-16-14-12-10-8-6-4-2/h15,17-18,20-21,23,25-26,53-54,56-60,62-63H,3-14,16,19,22,24,27-52H2,1-2H3,(H,64,65,66)/b17-15-,20-18-,23-21-,26-25-. The first-order valence-electron chi connectivity index (χ1n) is 29.4. The topological polar surface area (TPSA) is 178 Å². The van der Waals surface area contributed by atoms with E-state index in [-0.39, 0.29) is 19.6 Å². The van der Waals surface area contributed by atoms with Crippen LogP contribution in [0.15, 0.2) is 48.6 Å². The molecular weight excluding hydrogens is 933 g/mol. The number of carbonyl (C=O) groups excluding carboxylic acids is 1. The van der Waals surface area contributed by atoms with Gasteiger partial charge in [0, 0.05) is 13.0 Å². The SMILES string of the molecule is CCCCCCC/C=C\C/C=C\C/C=C\CCCCCCCCCCCCCOCC(COC1OC(CO)C(O)C(OS(=O)(=O)O)C1O)OC(=O)CCCCCCCCCCC/C=C\CCCCCCCC. The van der Waals surface area contributed by atoms with E-state index in [1.165, 1.54) is 180 Å². The zero-order chi connectivity index (χ0) is 52.4. The summed E-state index contributed by atoms with van der Waals surface area (Å²) in [5.41, 5.74) is 0. The van der Waals surface area contributed by atoms with Crippen LogP contribution in [0.25, 0.3) is 0 Å². The smallest absolute Gasteiger partial charge is 0.397 e. The summed E-state index contributed by atoms with van der Waals surface area (Å²) in [4.78, 5) is 13.0. The molecule has 422 valence electrons. The van der Waals surface area contributed by atoms with E-state index in [9.17, 15) is 33.1 Å². The summed E-state index contributed by atoms with van der Waals surface area (Å²) in [5.74, 6) is -0.400. The highest BCUT2D eigenvalue weighted by molar-refractivity contribution is 7.80. The molecule has 12 nitrogen and oxygen atoms in total. The van der Waals surface area contributed by atoms with Crippen LogP contribution >= 0.6 is 0 Å². The van der Waals surface area contributed by atoms with Crippen molar-refractivity contribution in [1.29, 1.82) is 0 Å². The molecule has 1 rings (SSSR count). The van der Waals surface area contributed by atoms with Crippen molar-refractivity contribution in [1.82, 2.24) is 0 Å². The summed E-state index contributed by atoms with van der Waals surface area (Å²) in [6, 6.07) is 0. The molecule has 0 aromatic carbocycles. The van der Waals surface area contributed by atoms with Crippen LogP contribution in [0.2, 0.25) is 0 Å². The molecule has 6 unspecified atom stereocenters. The lowest BCUT2D eigenvalue weighted by Crippen LogP contribution is -2.60. The van der Waals surface area contributed by atoms with Gasteiger partial charge in [0.15, 0.2) is 6.29 Å². The van der Waals surface area contributed by atoms with Crippen molar-refractivity contribution in [2.75, 3.05) is 26.4 Å². The van der Waals surface area contributed by atoms with Crippen molar-refractivity contribution in [3.63, 3.8) is 0 Å². The summed E-state index contributed by atoms with van der Waals surface area (Å²) in [7, 11) is -5.07. The zero-order valence-electron chi connectivity index (χ0n) is 45.7. The predicted molar refractivity (Wildman–Crippen MR) is 294 cm³/mol. The summed E-state index contributed by atoms with van der Waals surface area (Å²) >= 11 is 0. The number of ether oxygens (including phenoxy) is 4. The van der Waals surface area contributed by atoms with E-state index in [0.717, 1.165) is 51.4 Å². The van der Waals surface area contributed by atoms with Crippen molar-refractivity contribution < 1.29 is 56.2 Å². The monoisotopic (exact) mass is 1040 g/mol. The Balaban J connectivity index is 2.29. The maximum Gasteiger partial charge on any atom is 0.397 e. The number of hydrogen-bond acceptors (Lipinski definition) is 11. The van der Waals surface area contributed by atoms with Gasteiger partial charge in [0.05, 0.1) is 19.8 Å². The molecule has 0 bridgehead atoms. The van der Waals surface area contributed by atoms with E-state index < -0.39 is 59.8 Å². The third kappa shape index (κ3) is 42.3. The minimum atomic E-state index is -5.07. The molecule has 0 aliphatic carbocycles. The van der Waals surface area contributed by atoms with Crippen LogP contribution in [0.3, 0.4) is 0 Å². The number of allylic oxidation sites excluding steroid dienone is 8. The molecule has 0 saturated carbocycles. The first-order valence-corrected chi connectivity index (χ1v) is 30.8. The van der Waals surface area contributed by atoms with Crippen LogP contribution < -0.4 is 0 Å². The van der Waals surface area contributed by atoms with Gasteiger partial charge in [-0.15, -0.1) is 0 Å². The molecule has 0 amide bonds. The normalized spacial score (nSPS) is 19.2. The van der Waals surface area contributed by atoms with Gasteiger partial charge in [-0.3, -0.25) is 9.35 Å². The van der Waals surface area contributed by atoms with Crippen molar-refractivity contribution in [3.8, 4) is 0 Å². The molecule has 13 heteroatoms. The highest BCUT2D eigenvalue weighted by atomic mass is 32.3. The summed E-state index contributed by atoms with van der Waals surface area (Å²) in [6.45, 7) is 4.01. The van der Waals surface area contributed by atoms with Crippen LogP contribution in [0.4, 0.5) is 0 Å². The highest BCUT2D eigenvalue weighted by Gasteiger charge is 2.48. The second-order valence-corrected chi connectivity index (χ2v) is 21.3. The third-order valence-corrected chi connectivity index (χ3v) is 13.9. The molecule has 4 N–H and O–H groups in total. The maximum atomic E-state index is 13.0. The van der Waals surface area contributed by atoms with Crippen LogP contribution in [0.1, 0.15) is 258 Å². The Labute approximate surface area is 440 Å². The van der Waals surface area contributed by atoms with Gasteiger partial charge in [-0.2, -0.15) is 8.42 Å². The first-order chi connectivity index (χ1) is 35.1. The van der Waals surface area contributed by atoms with Crippen molar-refractivity contribution in [3.05, 3.63) is 48.6 Å². The molecule has 1 aliphatic heterocycles. The number of unbranched alkanes of at least 4 members (excludes halogenated alkanes) is 31. The van der Waals surface area contributed by atoms with E-state index in [1.807, 2.05) is 0 Å². The van der Waals surface area contributed by atoms with Gasteiger partial charge in [-0.1, -0.05) is 223 Å². The van der Waals surface area contributed by atoms with Crippen LogP contribution in [-0.2, 0) is 38.3 Å². The van der Waals surface area contributed by atoms with E-state index in [2.05, 4.69) is 66.6 Å². The fourth-order valence-electron chi connectivity index (χ4n) is 8.97. The van der Waals surface area contributed by atoms with E-state index in [1.54, 1.807) is 0 Å². The molecule has 6 atom stereocenters.